The SMILES string of the molecule is Cc1cc(Cc2nc(-c3ccc(C(C)(C)C)cc3)cs2)c(C)cc1N.Cc1cc([N+](=O)[O-])c(C)cc1Cc1nc(-c2ccc(C(C)(C)C)cc2)cs1. The Morgan fingerprint density at radius 2 is 1.02 bits per heavy atom. The molecule has 0 atom stereocenters. The molecule has 6 nitrogen and oxygen atoms in total. The van der Waals surface area contributed by atoms with E-state index in [1.807, 2.05) is 13.0 Å². The number of hydrogen-bond acceptors (Lipinski definition) is 7. The van der Waals surface area contributed by atoms with E-state index in [-0.39, 0.29) is 21.4 Å². The number of benzene rings is 4. The molecular weight excluding hydrogens is 681 g/mol. The lowest BCUT2D eigenvalue weighted by molar-refractivity contribution is -0.385. The fourth-order valence-corrected chi connectivity index (χ4v) is 7.65. The van der Waals surface area contributed by atoms with Crippen molar-refractivity contribution < 1.29 is 4.92 Å². The van der Waals surface area contributed by atoms with Gasteiger partial charge >= 0.3 is 0 Å². The van der Waals surface area contributed by atoms with E-state index in [0.717, 1.165) is 55.8 Å². The van der Waals surface area contributed by atoms with Gasteiger partial charge in [0.2, 0.25) is 0 Å². The summed E-state index contributed by atoms with van der Waals surface area (Å²) < 4.78 is 0. The number of thiazole rings is 2. The van der Waals surface area contributed by atoms with E-state index in [1.165, 1.54) is 27.8 Å². The van der Waals surface area contributed by atoms with Gasteiger partial charge in [0.15, 0.2) is 0 Å². The van der Waals surface area contributed by atoms with Crippen LogP contribution in [-0.2, 0) is 23.7 Å². The Morgan fingerprint density at radius 1 is 0.615 bits per heavy atom. The minimum absolute atomic E-state index is 0.136. The molecule has 270 valence electrons. The van der Waals surface area contributed by atoms with Crippen LogP contribution < -0.4 is 5.73 Å². The second-order valence-corrected chi connectivity index (χ2v) is 17.6. The molecule has 6 rings (SSSR count). The number of hydrogen-bond donors (Lipinski definition) is 1. The van der Waals surface area contributed by atoms with Crippen LogP contribution in [0.25, 0.3) is 22.5 Å². The molecule has 0 saturated heterocycles. The molecule has 0 unspecified atom stereocenters. The van der Waals surface area contributed by atoms with Crippen LogP contribution in [0.4, 0.5) is 11.4 Å². The zero-order chi connectivity index (χ0) is 38.0. The molecule has 6 aromatic rings. The number of aromatic nitrogens is 2. The van der Waals surface area contributed by atoms with E-state index in [0.29, 0.717) is 12.0 Å². The first-order chi connectivity index (χ1) is 24.4. The average molecular weight is 731 g/mol. The zero-order valence-corrected chi connectivity index (χ0v) is 33.7. The normalized spacial score (nSPS) is 11.7. The molecule has 0 fully saturated rings. The summed E-state index contributed by atoms with van der Waals surface area (Å²) in [6, 6.07) is 25.2. The molecule has 0 aliphatic carbocycles. The van der Waals surface area contributed by atoms with Crippen molar-refractivity contribution in [2.75, 3.05) is 5.73 Å². The van der Waals surface area contributed by atoms with Crippen molar-refractivity contribution in [2.45, 2.75) is 92.9 Å². The predicted molar refractivity (Wildman–Crippen MR) is 221 cm³/mol. The van der Waals surface area contributed by atoms with Gasteiger partial charge in [-0.3, -0.25) is 10.1 Å². The number of anilines is 1. The summed E-state index contributed by atoms with van der Waals surface area (Å²) in [7, 11) is 0. The van der Waals surface area contributed by atoms with Crippen LogP contribution >= 0.6 is 22.7 Å². The highest BCUT2D eigenvalue weighted by atomic mass is 32.1. The van der Waals surface area contributed by atoms with Crippen LogP contribution in [0.3, 0.4) is 0 Å². The van der Waals surface area contributed by atoms with Crippen LogP contribution in [0.15, 0.2) is 83.6 Å². The monoisotopic (exact) mass is 730 g/mol. The van der Waals surface area contributed by atoms with Gasteiger partial charge in [-0.2, -0.15) is 0 Å². The van der Waals surface area contributed by atoms with Crippen molar-refractivity contribution in [2.24, 2.45) is 0 Å². The molecule has 0 aliphatic rings. The van der Waals surface area contributed by atoms with Crippen molar-refractivity contribution in [3.05, 3.63) is 148 Å². The molecule has 4 aromatic carbocycles. The van der Waals surface area contributed by atoms with Gasteiger partial charge in [-0.25, -0.2) is 9.97 Å². The largest absolute Gasteiger partial charge is 0.399 e. The van der Waals surface area contributed by atoms with E-state index in [1.54, 1.807) is 35.7 Å². The van der Waals surface area contributed by atoms with Crippen LogP contribution in [0.2, 0.25) is 0 Å². The van der Waals surface area contributed by atoms with Crippen molar-refractivity contribution in [1.29, 1.82) is 0 Å². The maximum Gasteiger partial charge on any atom is 0.272 e. The Kier molecular flexibility index (Phi) is 11.5. The molecule has 0 bridgehead atoms. The summed E-state index contributed by atoms with van der Waals surface area (Å²) in [6.07, 6.45) is 1.55. The summed E-state index contributed by atoms with van der Waals surface area (Å²) in [5, 5.41) is 17.5. The quantitative estimate of drug-likeness (QED) is 0.100. The molecular formula is C44H50N4O2S2. The number of nitrogen functional groups attached to an aromatic ring is 1. The van der Waals surface area contributed by atoms with Gasteiger partial charge in [0.1, 0.15) is 0 Å². The molecule has 0 amide bonds. The van der Waals surface area contributed by atoms with Gasteiger partial charge < -0.3 is 5.73 Å². The fraction of sp³-hybridized carbons (Fsp3) is 0.318. The molecule has 0 aliphatic heterocycles. The molecule has 0 saturated carbocycles. The number of nitro groups is 1. The van der Waals surface area contributed by atoms with E-state index in [9.17, 15) is 10.1 Å². The third-order valence-corrected chi connectivity index (χ3v) is 11.2. The number of aryl methyl sites for hydroxylation is 4. The predicted octanol–water partition coefficient (Wildman–Crippen LogP) is 12.1. The summed E-state index contributed by atoms with van der Waals surface area (Å²) in [5.41, 5.74) is 20.7. The lowest BCUT2D eigenvalue weighted by Crippen LogP contribution is -2.10. The minimum Gasteiger partial charge on any atom is -0.399 e. The number of nitrogens with two attached hydrogens (primary N) is 1. The molecule has 0 radical (unpaired) electrons. The van der Waals surface area contributed by atoms with Gasteiger partial charge in [-0.15, -0.1) is 22.7 Å². The summed E-state index contributed by atoms with van der Waals surface area (Å²) in [6.45, 7) is 21.2. The van der Waals surface area contributed by atoms with Crippen molar-refractivity contribution in [3.63, 3.8) is 0 Å². The smallest absolute Gasteiger partial charge is 0.272 e. The number of rotatable bonds is 7. The Hall–Kier alpha value is -4.66. The molecule has 2 heterocycles. The standard InChI is InChI=1S/C22H24N2O2S.C22H26N2S/c1-14-11-20(24(25)26)15(2)10-17(14)12-21-23-19(13-27-21)16-6-8-18(9-7-16)22(3,4)5;1-14-11-19(23)15(2)10-17(14)12-21-24-20(13-25-21)16-6-8-18(9-7-16)22(3,4)5/h6-11,13H,12H2,1-5H3;6-11,13H,12,23H2,1-5H3. The summed E-state index contributed by atoms with van der Waals surface area (Å²) >= 11 is 3.35. The van der Waals surface area contributed by atoms with Crippen LogP contribution in [0.1, 0.15) is 96.1 Å². The molecule has 2 N–H and O–H groups in total. The maximum atomic E-state index is 11.1. The third-order valence-electron chi connectivity index (χ3n) is 9.46. The first-order valence-corrected chi connectivity index (χ1v) is 19.4. The Balaban J connectivity index is 0.000000202. The van der Waals surface area contributed by atoms with Crippen molar-refractivity contribution in [1.82, 2.24) is 9.97 Å². The number of nitro benzene ring substituents is 1. The number of nitrogens with zero attached hydrogens (tertiary/aromatic N) is 3. The van der Waals surface area contributed by atoms with E-state index in [4.69, 9.17) is 15.7 Å². The minimum atomic E-state index is -0.325. The average Bonchev–Trinajstić information content (AvgIpc) is 3.75. The molecule has 2 aromatic heterocycles. The lowest BCUT2D eigenvalue weighted by atomic mass is 9.86. The zero-order valence-electron chi connectivity index (χ0n) is 32.0. The highest BCUT2D eigenvalue weighted by Crippen LogP contribution is 2.31. The van der Waals surface area contributed by atoms with Gasteiger partial charge in [-0.05, 0) is 89.6 Å². The van der Waals surface area contributed by atoms with Crippen molar-refractivity contribution in [3.8, 4) is 22.5 Å². The summed E-state index contributed by atoms with van der Waals surface area (Å²) in [4.78, 5) is 20.4. The Bertz CT molecular complexity index is 2180. The third kappa shape index (κ3) is 9.41. The van der Waals surface area contributed by atoms with Gasteiger partial charge in [-0.1, -0.05) is 96.1 Å². The second kappa shape index (κ2) is 15.5. The lowest BCUT2D eigenvalue weighted by Gasteiger charge is -2.18. The summed E-state index contributed by atoms with van der Waals surface area (Å²) in [5.74, 6) is 0. The van der Waals surface area contributed by atoms with Crippen LogP contribution in [0.5, 0.6) is 0 Å². The molecule has 52 heavy (non-hydrogen) atoms. The van der Waals surface area contributed by atoms with Crippen LogP contribution in [0, 0.1) is 37.8 Å². The van der Waals surface area contributed by atoms with E-state index < -0.39 is 0 Å². The Labute approximate surface area is 317 Å². The van der Waals surface area contributed by atoms with Crippen molar-refractivity contribution >= 4 is 34.0 Å². The van der Waals surface area contributed by atoms with Crippen LogP contribution in [-0.4, -0.2) is 14.9 Å². The fourth-order valence-electron chi connectivity index (χ4n) is 5.99. The Morgan fingerprint density at radius 3 is 1.42 bits per heavy atom. The second-order valence-electron chi connectivity index (χ2n) is 15.7. The maximum absolute atomic E-state index is 11.1. The van der Waals surface area contributed by atoms with E-state index in [2.05, 4.69) is 127 Å². The topological polar surface area (TPSA) is 94.9 Å². The molecule has 0 spiro atoms. The molecule has 8 heteroatoms. The van der Waals surface area contributed by atoms with E-state index >= 15 is 0 Å². The van der Waals surface area contributed by atoms with Gasteiger partial charge in [0.05, 0.1) is 26.3 Å². The van der Waals surface area contributed by atoms with Gasteiger partial charge in [0, 0.05) is 52.0 Å². The van der Waals surface area contributed by atoms with Gasteiger partial charge in [0.25, 0.3) is 5.69 Å². The highest BCUT2D eigenvalue weighted by molar-refractivity contribution is 7.10. The first kappa shape index (κ1) is 38.6. The highest BCUT2D eigenvalue weighted by Gasteiger charge is 2.17. The first-order valence-electron chi connectivity index (χ1n) is 17.6.